The molecule has 2 N–H and O–H groups in total. The topological polar surface area (TPSA) is 49.7 Å². The minimum absolute atomic E-state index is 0.0477. The van der Waals surface area contributed by atoms with E-state index in [1.54, 1.807) is 0 Å². The Morgan fingerprint density at radius 1 is 0.926 bits per heavy atom. The minimum Gasteiger partial charge on any atom is -0.393 e. The lowest BCUT2D eigenvalue weighted by molar-refractivity contribution is -0.142. The quantitative estimate of drug-likeness (QED) is 0.729. The molecule has 4 saturated carbocycles. The van der Waals surface area contributed by atoms with Crippen LogP contribution in [0, 0.1) is 34.5 Å². The van der Waals surface area contributed by atoms with E-state index >= 15 is 0 Å². The second-order valence-corrected chi connectivity index (χ2v) is 11.6. The van der Waals surface area contributed by atoms with Gasteiger partial charge < -0.3 is 14.9 Å². The van der Waals surface area contributed by atoms with Gasteiger partial charge in [0.05, 0.1) is 17.8 Å². The summed E-state index contributed by atoms with van der Waals surface area (Å²) < 4.78 is 6.38. The maximum absolute atomic E-state index is 10.2. The highest BCUT2D eigenvalue weighted by molar-refractivity contribution is 5.09. The van der Waals surface area contributed by atoms with E-state index in [-0.39, 0.29) is 6.10 Å². The number of aliphatic hydroxyl groups excluding tert-OH is 1. The fourth-order valence-electron chi connectivity index (χ4n) is 7.91. The van der Waals surface area contributed by atoms with E-state index in [1.165, 1.54) is 44.9 Å². The zero-order chi connectivity index (χ0) is 19.4. The van der Waals surface area contributed by atoms with Crippen LogP contribution in [0.1, 0.15) is 91.9 Å². The van der Waals surface area contributed by atoms with Gasteiger partial charge in [-0.3, -0.25) is 0 Å². The third-order valence-electron chi connectivity index (χ3n) is 9.58. The summed E-state index contributed by atoms with van der Waals surface area (Å²) in [5.74, 6) is 3.28. The Morgan fingerprint density at radius 3 is 2.37 bits per heavy atom. The Labute approximate surface area is 166 Å². The molecule has 8 atom stereocenters. The van der Waals surface area contributed by atoms with Gasteiger partial charge >= 0.3 is 0 Å². The largest absolute Gasteiger partial charge is 0.393 e. The van der Waals surface area contributed by atoms with E-state index in [0.29, 0.717) is 23.5 Å². The van der Waals surface area contributed by atoms with Gasteiger partial charge in [0.15, 0.2) is 0 Å². The molecule has 0 aromatic rings. The molecular formula is C24H42O3. The maximum atomic E-state index is 10.2. The van der Waals surface area contributed by atoms with E-state index in [1.807, 2.05) is 13.8 Å². The van der Waals surface area contributed by atoms with Crippen LogP contribution in [0.2, 0.25) is 0 Å². The standard InChI is InChI=1S/C24H42O3/c1-22(2,26)13-14-27-21-8-7-19-18-6-5-16-15-17(25)9-11-23(16,3)20(18)10-12-24(19,21)4/h16-21,25-26H,5-15H2,1-4H3/t16-,17?,18?,19?,20-,21?,23?,24?/m0/s1. The van der Waals surface area contributed by atoms with Gasteiger partial charge in [0.1, 0.15) is 0 Å². The molecule has 156 valence electrons. The van der Waals surface area contributed by atoms with Crippen LogP contribution < -0.4 is 0 Å². The zero-order valence-corrected chi connectivity index (χ0v) is 18.0. The number of hydrogen-bond donors (Lipinski definition) is 2. The van der Waals surface area contributed by atoms with E-state index in [9.17, 15) is 10.2 Å². The summed E-state index contributed by atoms with van der Waals surface area (Å²) in [6, 6.07) is 0. The summed E-state index contributed by atoms with van der Waals surface area (Å²) in [5, 5.41) is 20.2. The number of hydrogen-bond acceptors (Lipinski definition) is 3. The van der Waals surface area contributed by atoms with Gasteiger partial charge in [-0.15, -0.1) is 0 Å². The molecule has 27 heavy (non-hydrogen) atoms. The molecule has 3 heteroatoms. The smallest absolute Gasteiger partial charge is 0.0631 e. The van der Waals surface area contributed by atoms with Crippen LogP contribution in [0.4, 0.5) is 0 Å². The zero-order valence-electron chi connectivity index (χ0n) is 18.0. The Balaban J connectivity index is 1.46. The summed E-state index contributed by atoms with van der Waals surface area (Å²) in [6.07, 6.45) is 12.2. The maximum Gasteiger partial charge on any atom is 0.0631 e. The molecule has 0 bridgehead atoms. The summed E-state index contributed by atoms with van der Waals surface area (Å²) >= 11 is 0. The number of fused-ring (bicyclic) bond motifs is 5. The van der Waals surface area contributed by atoms with Crippen molar-refractivity contribution in [2.75, 3.05) is 6.61 Å². The molecule has 4 aliphatic carbocycles. The summed E-state index contributed by atoms with van der Waals surface area (Å²) in [5.41, 5.74) is 0.163. The van der Waals surface area contributed by atoms with Crippen LogP contribution >= 0.6 is 0 Å². The van der Waals surface area contributed by atoms with Crippen LogP contribution in [0.15, 0.2) is 0 Å². The first kappa shape index (κ1) is 20.2. The third kappa shape index (κ3) is 3.51. The second-order valence-electron chi connectivity index (χ2n) is 11.6. The van der Waals surface area contributed by atoms with Crippen LogP contribution in [0.25, 0.3) is 0 Å². The van der Waals surface area contributed by atoms with Crippen molar-refractivity contribution in [3.05, 3.63) is 0 Å². The highest BCUT2D eigenvalue weighted by atomic mass is 16.5. The van der Waals surface area contributed by atoms with Crippen molar-refractivity contribution >= 4 is 0 Å². The van der Waals surface area contributed by atoms with Crippen LogP contribution in [-0.4, -0.2) is 34.6 Å². The van der Waals surface area contributed by atoms with E-state index < -0.39 is 5.60 Å². The van der Waals surface area contributed by atoms with Gasteiger partial charge in [0.2, 0.25) is 0 Å². The predicted molar refractivity (Wildman–Crippen MR) is 108 cm³/mol. The third-order valence-corrected chi connectivity index (χ3v) is 9.58. The van der Waals surface area contributed by atoms with Crippen molar-refractivity contribution < 1.29 is 14.9 Å². The van der Waals surface area contributed by atoms with E-state index in [0.717, 1.165) is 42.9 Å². The monoisotopic (exact) mass is 378 g/mol. The van der Waals surface area contributed by atoms with Gasteiger partial charge in [0.25, 0.3) is 0 Å². The Kier molecular flexibility index (Phi) is 5.22. The summed E-state index contributed by atoms with van der Waals surface area (Å²) in [4.78, 5) is 0. The molecule has 4 rings (SSSR count). The van der Waals surface area contributed by atoms with Crippen LogP contribution in [0.3, 0.4) is 0 Å². The molecular weight excluding hydrogens is 336 g/mol. The molecule has 0 aromatic carbocycles. The average molecular weight is 379 g/mol. The average Bonchev–Trinajstić information content (AvgIpc) is 2.91. The lowest BCUT2D eigenvalue weighted by Gasteiger charge is -2.60. The number of aliphatic hydroxyl groups is 2. The van der Waals surface area contributed by atoms with E-state index in [4.69, 9.17) is 4.74 Å². The van der Waals surface area contributed by atoms with E-state index in [2.05, 4.69) is 13.8 Å². The molecule has 4 aliphatic rings. The first-order chi connectivity index (χ1) is 12.6. The molecule has 0 radical (unpaired) electrons. The first-order valence-electron chi connectivity index (χ1n) is 11.7. The molecule has 0 spiro atoms. The molecule has 0 aromatic heterocycles. The Bertz CT molecular complexity index is 540. The SMILES string of the molecule is CC(C)(O)CCOC1CCC2C3CC[C@H]4CC(O)CCC4(C)[C@H]3CCC12C. The normalized spacial score (nSPS) is 50.0. The Morgan fingerprint density at radius 2 is 1.63 bits per heavy atom. The molecule has 6 unspecified atom stereocenters. The van der Waals surface area contributed by atoms with Crippen molar-refractivity contribution in [2.24, 2.45) is 34.5 Å². The van der Waals surface area contributed by atoms with Crippen molar-refractivity contribution in [1.29, 1.82) is 0 Å². The summed E-state index contributed by atoms with van der Waals surface area (Å²) in [7, 11) is 0. The highest BCUT2D eigenvalue weighted by Crippen LogP contribution is 2.66. The first-order valence-corrected chi connectivity index (χ1v) is 11.7. The number of rotatable bonds is 4. The van der Waals surface area contributed by atoms with Crippen LogP contribution in [-0.2, 0) is 4.74 Å². The molecule has 0 heterocycles. The second kappa shape index (κ2) is 6.99. The van der Waals surface area contributed by atoms with Crippen LogP contribution in [0.5, 0.6) is 0 Å². The molecule has 3 nitrogen and oxygen atoms in total. The fourth-order valence-corrected chi connectivity index (χ4v) is 7.91. The minimum atomic E-state index is -0.630. The lowest BCUT2D eigenvalue weighted by atomic mass is 9.45. The van der Waals surface area contributed by atoms with Crippen molar-refractivity contribution in [3.8, 4) is 0 Å². The predicted octanol–water partition coefficient (Wildman–Crippen LogP) is 4.94. The summed E-state index contributed by atoms with van der Waals surface area (Å²) in [6.45, 7) is 9.51. The molecule has 0 saturated heterocycles. The van der Waals surface area contributed by atoms with Gasteiger partial charge in [-0.1, -0.05) is 13.8 Å². The van der Waals surface area contributed by atoms with Gasteiger partial charge in [-0.2, -0.15) is 0 Å². The van der Waals surface area contributed by atoms with Gasteiger partial charge in [0, 0.05) is 6.61 Å². The van der Waals surface area contributed by atoms with Gasteiger partial charge in [-0.25, -0.2) is 0 Å². The van der Waals surface area contributed by atoms with Crippen molar-refractivity contribution in [2.45, 2.75) is 110 Å². The lowest BCUT2D eigenvalue weighted by Crippen LogP contribution is -2.54. The van der Waals surface area contributed by atoms with Crippen molar-refractivity contribution in [3.63, 3.8) is 0 Å². The molecule has 4 fully saturated rings. The Hall–Kier alpha value is -0.120. The number of ether oxygens (including phenoxy) is 1. The molecule has 0 amide bonds. The van der Waals surface area contributed by atoms with Crippen molar-refractivity contribution in [1.82, 2.24) is 0 Å². The molecule has 0 aliphatic heterocycles. The van der Waals surface area contributed by atoms with Gasteiger partial charge in [-0.05, 0) is 113 Å². The fraction of sp³-hybridized carbons (Fsp3) is 1.00. The highest BCUT2D eigenvalue weighted by Gasteiger charge is 2.60.